The highest BCUT2D eigenvalue weighted by atomic mass is 16.6. The standard InChI is InChI=1S/C28H35NO4/c1-3-7-24-19-23(22-13-16-31-17-14-22)11-12-26(24)32-15-5-4-8-21-9-6-10-25(18-21)27-20(2)29-28(30)33-27/h6,9-12,18-19,22,27H,2-5,7-8,13-17H2,1H3,(H,29,30). The maximum Gasteiger partial charge on any atom is 0.412 e. The smallest absolute Gasteiger partial charge is 0.412 e. The van der Waals surface area contributed by atoms with Gasteiger partial charge in [-0.25, -0.2) is 4.79 Å². The van der Waals surface area contributed by atoms with Crippen LogP contribution in [-0.2, 0) is 22.3 Å². The number of cyclic esters (lactones) is 1. The molecule has 0 aromatic heterocycles. The second-order valence-electron chi connectivity index (χ2n) is 8.99. The summed E-state index contributed by atoms with van der Waals surface area (Å²) in [6.45, 7) is 8.55. The van der Waals surface area contributed by atoms with E-state index in [-0.39, 0.29) is 0 Å². The van der Waals surface area contributed by atoms with Crippen molar-refractivity contribution in [2.24, 2.45) is 0 Å². The zero-order chi connectivity index (χ0) is 23.0. The molecule has 2 fully saturated rings. The summed E-state index contributed by atoms with van der Waals surface area (Å²) in [7, 11) is 0. The van der Waals surface area contributed by atoms with Gasteiger partial charge in [-0.15, -0.1) is 0 Å². The van der Waals surface area contributed by atoms with Crippen LogP contribution in [-0.4, -0.2) is 25.9 Å². The van der Waals surface area contributed by atoms with Crippen molar-refractivity contribution in [3.05, 3.63) is 77.0 Å². The van der Waals surface area contributed by atoms with Crippen molar-refractivity contribution in [1.82, 2.24) is 5.32 Å². The van der Waals surface area contributed by atoms with Gasteiger partial charge in [-0.05, 0) is 72.8 Å². The summed E-state index contributed by atoms with van der Waals surface area (Å²) < 4.78 is 17.0. The van der Waals surface area contributed by atoms with Gasteiger partial charge in [-0.2, -0.15) is 0 Å². The van der Waals surface area contributed by atoms with E-state index >= 15 is 0 Å². The third-order valence-electron chi connectivity index (χ3n) is 6.47. The Labute approximate surface area is 197 Å². The van der Waals surface area contributed by atoms with Crippen LogP contribution in [0, 0.1) is 0 Å². The van der Waals surface area contributed by atoms with Crippen molar-refractivity contribution in [3.63, 3.8) is 0 Å². The van der Waals surface area contributed by atoms with Crippen molar-refractivity contribution in [2.75, 3.05) is 19.8 Å². The molecule has 0 aliphatic carbocycles. The molecule has 0 radical (unpaired) electrons. The molecule has 1 amide bonds. The molecule has 1 atom stereocenters. The Balaban J connectivity index is 1.27. The van der Waals surface area contributed by atoms with Crippen molar-refractivity contribution >= 4 is 6.09 Å². The first-order chi connectivity index (χ1) is 16.1. The van der Waals surface area contributed by atoms with Crippen molar-refractivity contribution in [1.29, 1.82) is 0 Å². The third-order valence-corrected chi connectivity index (χ3v) is 6.47. The summed E-state index contributed by atoms with van der Waals surface area (Å²) in [6.07, 6.45) is 6.54. The van der Waals surface area contributed by atoms with Crippen LogP contribution in [0.2, 0.25) is 0 Å². The fraction of sp³-hybridized carbons (Fsp3) is 0.464. The van der Waals surface area contributed by atoms with Crippen LogP contribution in [0.15, 0.2) is 54.7 Å². The summed E-state index contributed by atoms with van der Waals surface area (Å²) >= 11 is 0. The molecule has 0 saturated carbocycles. The fourth-order valence-corrected chi connectivity index (χ4v) is 4.69. The summed E-state index contributed by atoms with van der Waals surface area (Å²) in [5.41, 5.74) is 5.54. The summed E-state index contributed by atoms with van der Waals surface area (Å²) in [5, 5.41) is 2.62. The van der Waals surface area contributed by atoms with Gasteiger partial charge in [0.2, 0.25) is 0 Å². The molecular weight excluding hydrogens is 414 g/mol. The SMILES string of the molecule is C=C1NC(=O)OC1c1cccc(CCCCOc2ccc(C3CCOCC3)cc2CCC)c1. The van der Waals surface area contributed by atoms with E-state index in [1.165, 1.54) is 16.7 Å². The Morgan fingerprint density at radius 3 is 2.67 bits per heavy atom. The molecule has 176 valence electrons. The molecule has 2 aromatic rings. The molecule has 2 aromatic carbocycles. The lowest BCUT2D eigenvalue weighted by Crippen LogP contribution is -2.14. The number of ether oxygens (including phenoxy) is 3. The minimum absolute atomic E-state index is 0.401. The van der Waals surface area contributed by atoms with E-state index in [0.29, 0.717) is 18.2 Å². The van der Waals surface area contributed by atoms with Crippen LogP contribution in [0.4, 0.5) is 4.79 Å². The predicted octanol–water partition coefficient (Wildman–Crippen LogP) is 6.23. The van der Waals surface area contributed by atoms with Crippen molar-refractivity contribution in [2.45, 2.75) is 63.9 Å². The average molecular weight is 450 g/mol. The number of hydrogen-bond acceptors (Lipinski definition) is 4. The van der Waals surface area contributed by atoms with E-state index in [4.69, 9.17) is 14.2 Å². The van der Waals surface area contributed by atoms with Gasteiger partial charge in [0, 0.05) is 13.2 Å². The Kier molecular flexibility index (Phi) is 8.05. The van der Waals surface area contributed by atoms with Gasteiger partial charge in [0.05, 0.1) is 12.3 Å². The van der Waals surface area contributed by atoms with E-state index < -0.39 is 12.2 Å². The summed E-state index contributed by atoms with van der Waals surface area (Å²) in [6, 6.07) is 15.0. The molecule has 5 nitrogen and oxygen atoms in total. The van der Waals surface area contributed by atoms with E-state index in [2.05, 4.69) is 49.2 Å². The van der Waals surface area contributed by atoms with E-state index in [1.54, 1.807) is 0 Å². The topological polar surface area (TPSA) is 56.8 Å². The second kappa shape index (κ2) is 11.4. The van der Waals surface area contributed by atoms with E-state index in [9.17, 15) is 4.79 Å². The number of carbonyl (C=O) groups excluding carboxylic acids is 1. The molecule has 4 rings (SSSR count). The average Bonchev–Trinajstić information content (AvgIpc) is 3.18. The normalized spacial score (nSPS) is 18.8. The number of benzene rings is 2. The fourth-order valence-electron chi connectivity index (χ4n) is 4.69. The first kappa shape index (κ1) is 23.4. The van der Waals surface area contributed by atoms with Gasteiger partial charge in [0.1, 0.15) is 5.75 Å². The molecule has 5 heteroatoms. The maximum absolute atomic E-state index is 11.4. The molecule has 1 unspecified atom stereocenters. The number of aryl methyl sites for hydroxylation is 2. The molecule has 2 aliphatic rings. The van der Waals surface area contributed by atoms with E-state index in [1.807, 2.05) is 12.1 Å². The van der Waals surface area contributed by atoms with Gasteiger partial charge in [0.15, 0.2) is 6.10 Å². The Hall–Kier alpha value is -2.79. The lowest BCUT2D eigenvalue weighted by atomic mass is 9.90. The van der Waals surface area contributed by atoms with Gasteiger partial charge in [-0.1, -0.05) is 56.3 Å². The van der Waals surface area contributed by atoms with Crippen molar-refractivity contribution in [3.8, 4) is 5.75 Å². The molecule has 33 heavy (non-hydrogen) atoms. The van der Waals surface area contributed by atoms with Gasteiger partial charge in [-0.3, -0.25) is 5.32 Å². The van der Waals surface area contributed by atoms with Crippen LogP contribution in [0.3, 0.4) is 0 Å². The zero-order valence-corrected chi connectivity index (χ0v) is 19.6. The van der Waals surface area contributed by atoms with Crippen molar-refractivity contribution < 1.29 is 19.0 Å². The lowest BCUT2D eigenvalue weighted by molar-refractivity contribution is 0.0853. The zero-order valence-electron chi connectivity index (χ0n) is 19.6. The quantitative estimate of drug-likeness (QED) is 0.437. The monoisotopic (exact) mass is 449 g/mol. The Morgan fingerprint density at radius 1 is 1.06 bits per heavy atom. The Bertz CT molecular complexity index is 964. The number of amides is 1. The highest BCUT2D eigenvalue weighted by Gasteiger charge is 2.28. The first-order valence-corrected chi connectivity index (χ1v) is 12.2. The van der Waals surface area contributed by atoms with Gasteiger partial charge >= 0.3 is 6.09 Å². The van der Waals surface area contributed by atoms with Crippen LogP contribution in [0.5, 0.6) is 5.75 Å². The predicted molar refractivity (Wildman–Crippen MR) is 130 cm³/mol. The highest BCUT2D eigenvalue weighted by molar-refractivity contribution is 5.73. The molecule has 0 bridgehead atoms. The minimum atomic E-state index is -0.434. The maximum atomic E-state index is 11.4. The number of carbonyl (C=O) groups is 1. The van der Waals surface area contributed by atoms with Crippen LogP contribution in [0.1, 0.15) is 73.3 Å². The number of unbranched alkanes of at least 4 members (excludes halogenated alkanes) is 1. The third kappa shape index (κ3) is 6.17. The number of nitrogens with one attached hydrogen (secondary N) is 1. The largest absolute Gasteiger partial charge is 0.493 e. The molecule has 2 aliphatic heterocycles. The number of hydrogen-bond donors (Lipinski definition) is 1. The van der Waals surface area contributed by atoms with Crippen LogP contribution >= 0.6 is 0 Å². The number of alkyl carbamates (subject to hydrolysis) is 1. The number of rotatable bonds is 10. The summed E-state index contributed by atoms with van der Waals surface area (Å²) in [5.74, 6) is 1.64. The van der Waals surface area contributed by atoms with Gasteiger partial charge < -0.3 is 14.2 Å². The molecular formula is C28H35NO4. The molecule has 0 spiro atoms. The molecule has 2 heterocycles. The highest BCUT2D eigenvalue weighted by Crippen LogP contribution is 2.32. The van der Waals surface area contributed by atoms with E-state index in [0.717, 1.165) is 69.5 Å². The van der Waals surface area contributed by atoms with Crippen LogP contribution in [0.25, 0.3) is 0 Å². The molecule has 1 N–H and O–H groups in total. The second-order valence-corrected chi connectivity index (χ2v) is 8.99. The van der Waals surface area contributed by atoms with Gasteiger partial charge in [0.25, 0.3) is 0 Å². The van der Waals surface area contributed by atoms with Crippen LogP contribution < -0.4 is 10.1 Å². The summed E-state index contributed by atoms with van der Waals surface area (Å²) in [4.78, 5) is 11.4. The lowest BCUT2D eigenvalue weighted by Gasteiger charge is -2.23. The Morgan fingerprint density at radius 2 is 1.91 bits per heavy atom. The molecule has 2 saturated heterocycles. The minimum Gasteiger partial charge on any atom is -0.493 e. The first-order valence-electron chi connectivity index (χ1n) is 12.2.